The van der Waals surface area contributed by atoms with Gasteiger partial charge in [0.2, 0.25) is 0 Å². The van der Waals surface area contributed by atoms with Crippen molar-refractivity contribution in [1.29, 1.82) is 0 Å². The van der Waals surface area contributed by atoms with Gasteiger partial charge in [-0.3, -0.25) is 4.74 Å². The van der Waals surface area contributed by atoms with E-state index >= 15 is 0 Å². The molecule has 0 radical (unpaired) electrons. The Morgan fingerprint density at radius 3 is 1.89 bits per heavy atom. The lowest BCUT2D eigenvalue weighted by molar-refractivity contribution is -0.449. The summed E-state index contributed by atoms with van der Waals surface area (Å²) < 4.78 is 103. The Morgan fingerprint density at radius 1 is 1.00 bits per heavy atom. The second-order valence-electron chi connectivity index (χ2n) is 2.90. The van der Waals surface area contributed by atoms with Crippen LogP contribution in [0.1, 0.15) is 6.42 Å². The molecule has 110 valence electrons. The molecule has 0 aromatic heterocycles. The van der Waals surface area contributed by atoms with Gasteiger partial charge in [-0.15, -0.1) is 0 Å². The maximum absolute atomic E-state index is 12.6. The lowest BCUT2D eigenvalue weighted by Gasteiger charge is -2.25. The molecule has 1 atom stereocenters. The van der Waals surface area contributed by atoms with Crippen LogP contribution < -0.4 is 0 Å². The zero-order valence-corrected chi connectivity index (χ0v) is 10.6. The quantitative estimate of drug-likeness (QED) is 0.279. The minimum absolute atomic E-state index is 0.0402. The average Bonchev–Trinajstić information content (AvgIpc) is 2.15. The summed E-state index contributed by atoms with van der Waals surface area (Å²) in [6.07, 6.45) is -21.4. The van der Waals surface area contributed by atoms with Crippen LogP contribution in [0.25, 0.3) is 0 Å². The van der Waals surface area contributed by atoms with Gasteiger partial charge in [0, 0.05) is 4.43 Å². The Bertz CT molecular complexity index is 256. The molecule has 0 saturated carbocycles. The van der Waals surface area contributed by atoms with Gasteiger partial charge in [-0.2, -0.15) is 30.7 Å². The van der Waals surface area contributed by atoms with Crippen molar-refractivity contribution in [2.45, 2.75) is 31.2 Å². The van der Waals surface area contributed by atoms with Crippen LogP contribution in [-0.2, 0) is 9.47 Å². The van der Waals surface area contributed by atoms with Gasteiger partial charge in [-0.05, 0) is 6.42 Å². The second kappa shape index (κ2) is 6.50. The monoisotopic (exact) mass is 402 g/mol. The molecule has 0 aliphatic heterocycles. The van der Waals surface area contributed by atoms with Crippen molar-refractivity contribution in [2.75, 3.05) is 11.0 Å². The minimum atomic E-state index is -6.30. The summed E-state index contributed by atoms with van der Waals surface area (Å²) >= 11 is 1.77. The molecule has 0 fully saturated rings. The van der Waals surface area contributed by atoms with E-state index < -0.39 is 31.4 Å². The first kappa shape index (κ1) is 18.1. The molecule has 0 aromatic carbocycles. The van der Waals surface area contributed by atoms with Crippen molar-refractivity contribution in [2.24, 2.45) is 0 Å². The van der Waals surface area contributed by atoms with Crippen LogP contribution in [0.2, 0.25) is 0 Å². The molecule has 0 spiro atoms. The fourth-order valence-electron chi connectivity index (χ4n) is 0.594. The van der Waals surface area contributed by atoms with Crippen LogP contribution in [0.3, 0.4) is 0 Å². The van der Waals surface area contributed by atoms with Crippen molar-refractivity contribution >= 4 is 22.6 Å². The molecule has 0 saturated heterocycles. The third-order valence-electron chi connectivity index (χ3n) is 1.42. The molecule has 0 aliphatic rings. The number of ether oxygens (including phenoxy) is 2. The van der Waals surface area contributed by atoms with Crippen molar-refractivity contribution < 1.29 is 44.6 Å². The number of alkyl halides is 9. The third-order valence-corrected chi connectivity index (χ3v) is 2.18. The number of rotatable bonds is 7. The van der Waals surface area contributed by atoms with Crippen LogP contribution in [0.5, 0.6) is 0 Å². The van der Waals surface area contributed by atoms with Crippen LogP contribution in [0.15, 0.2) is 0 Å². The third kappa shape index (κ3) is 5.38. The van der Waals surface area contributed by atoms with E-state index in [0.29, 0.717) is 4.43 Å². The molecule has 1 unspecified atom stereocenters. The lowest BCUT2D eigenvalue weighted by Crippen LogP contribution is -2.47. The Hall–Kier alpha value is 0.0900. The van der Waals surface area contributed by atoms with Crippen LogP contribution in [-0.4, -0.2) is 35.8 Å². The molecular weight excluding hydrogens is 395 g/mol. The summed E-state index contributed by atoms with van der Waals surface area (Å²) in [5, 5.41) is 0. The molecule has 0 aromatic rings. The summed E-state index contributed by atoms with van der Waals surface area (Å²) in [5.41, 5.74) is 0. The van der Waals surface area contributed by atoms with E-state index in [1.54, 1.807) is 22.6 Å². The number of hydrogen-bond acceptors (Lipinski definition) is 2. The fraction of sp³-hybridized carbons (Fsp3) is 1.00. The van der Waals surface area contributed by atoms with Gasteiger partial charge in [-0.1, -0.05) is 22.6 Å². The molecular formula is C7H7F8IO2. The number of hydrogen-bond donors (Lipinski definition) is 0. The minimum Gasteiger partial charge on any atom is -0.316 e. The maximum atomic E-state index is 12.6. The highest BCUT2D eigenvalue weighted by Crippen LogP contribution is 2.40. The first-order valence-corrected chi connectivity index (χ1v) is 5.81. The van der Waals surface area contributed by atoms with Crippen molar-refractivity contribution in [3.63, 3.8) is 0 Å². The summed E-state index contributed by atoms with van der Waals surface area (Å²) in [7, 11) is 0. The standard InChI is InChI=1S/C7H7F8IO2/c8-4(5(9,10)17-3-1-2-16)18-7(14,15)6(11,12)13/h4H,1-3H2. The van der Waals surface area contributed by atoms with Gasteiger partial charge in [0.05, 0.1) is 6.61 Å². The van der Waals surface area contributed by atoms with Gasteiger partial charge in [0.1, 0.15) is 0 Å². The van der Waals surface area contributed by atoms with Crippen LogP contribution >= 0.6 is 22.6 Å². The SMILES string of the molecule is FC(OC(F)(F)C(F)(F)F)C(F)(F)OCCCI. The molecule has 0 bridgehead atoms. The van der Waals surface area contributed by atoms with Crippen molar-refractivity contribution in [3.05, 3.63) is 0 Å². The van der Waals surface area contributed by atoms with E-state index in [1.165, 1.54) is 0 Å². The summed E-state index contributed by atoms with van der Waals surface area (Å²) in [6, 6.07) is 0. The van der Waals surface area contributed by atoms with E-state index in [-0.39, 0.29) is 6.42 Å². The van der Waals surface area contributed by atoms with E-state index in [2.05, 4.69) is 9.47 Å². The topological polar surface area (TPSA) is 18.5 Å². The Balaban J connectivity index is 4.50. The molecule has 18 heavy (non-hydrogen) atoms. The molecule has 0 rings (SSSR count). The lowest BCUT2D eigenvalue weighted by atomic mass is 10.5. The normalized spacial score (nSPS) is 15.8. The Kier molecular flexibility index (Phi) is 6.53. The zero-order valence-electron chi connectivity index (χ0n) is 8.42. The smallest absolute Gasteiger partial charge is 0.316 e. The molecule has 0 N–H and O–H groups in total. The number of halogens is 9. The Labute approximate surface area is 110 Å². The van der Waals surface area contributed by atoms with Gasteiger partial charge >= 0.3 is 18.4 Å². The van der Waals surface area contributed by atoms with Gasteiger partial charge in [-0.25, -0.2) is 4.39 Å². The predicted molar refractivity (Wildman–Crippen MR) is 51.4 cm³/mol. The summed E-state index contributed by atoms with van der Waals surface area (Å²) in [5.74, 6) is 0. The molecule has 2 nitrogen and oxygen atoms in total. The van der Waals surface area contributed by atoms with Crippen LogP contribution in [0.4, 0.5) is 35.1 Å². The molecule has 0 aliphatic carbocycles. The van der Waals surface area contributed by atoms with Gasteiger partial charge in [0.15, 0.2) is 0 Å². The highest BCUT2D eigenvalue weighted by Gasteiger charge is 2.63. The van der Waals surface area contributed by atoms with E-state index in [0.717, 1.165) is 0 Å². The zero-order chi connectivity index (χ0) is 14.6. The highest BCUT2D eigenvalue weighted by atomic mass is 127. The Morgan fingerprint density at radius 2 is 1.50 bits per heavy atom. The first-order valence-electron chi connectivity index (χ1n) is 4.28. The van der Waals surface area contributed by atoms with Crippen molar-refractivity contribution in [1.82, 2.24) is 0 Å². The average molecular weight is 402 g/mol. The fourth-order valence-corrected chi connectivity index (χ4v) is 0.905. The molecule has 0 amide bonds. The first-order chi connectivity index (χ1) is 7.94. The predicted octanol–water partition coefficient (Wildman–Crippen LogP) is 3.89. The summed E-state index contributed by atoms with van der Waals surface area (Å²) in [4.78, 5) is 0. The second-order valence-corrected chi connectivity index (χ2v) is 3.98. The van der Waals surface area contributed by atoms with Gasteiger partial charge in [0.25, 0.3) is 6.36 Å². The van der Waals surface area contributed by atoms with E-state index in [1.807, 2.05) is 0 Å². The summed E-state index contributed by atoms with van der Waals surface area (Å²) in [6.45, 7) is -0.711. The van der Waals surface area contributed by atoms with E-state index in [9.17, 15) is 35.1 Å². The van der Waals surface area contributed by atoms with Crippen molar-refractivity contribution in [3.8, 4) is 0 Å². The highest BCUT2D eigenvalue weighted by molar-refractivity contribution is 14.1. The largest absolute Gasteiger partial charge is 0.483 e. The van der Waals surface area contributed by atoms with Crippen LogP contribution in [0, 0.1) is 0 Å². The van der Waals surface area contributed by atoms with E-state index in [4.69, 9.17) is 0 Å². The van der Waals surface area contributed by atoms with Gasteiger partial charge < -0.3 is 4.74 Å². The maximum Gasteiger partial charge on any atom is 0.483 e. The molecule has 0 heterocycles. The molecule has 11 heteroatoms.